The molecule has 0 bridgehead atoms. The highest BCUT2D eigenvalue weighted by Gasteiger charge is 2.52. The zero-order valence-electron chi connectivity index (χ0n) is 13.6. The van der Waals surface area contributed by atoms with E-state index in [0.717, 1.165) is 28.9 Å². The number of hydrogen-bond donors (Lipinski definition) is 0. The Hall–Kier alpha value is -1.82. The van der Waals surface area contributed by atoms with Crippen LogP contribution in [0.15, 0.2) is 53.0 Å². The molecule has 2 aromatic carbocycles. The van der Waals surface area contributed by atoms with Crippen molar-refractivity contribution in [2.24, 2.45) is 0 Å². The van der Waals surface area contributed by atoms with Crippen LogP contribution in [-0.2, 0) is 22.9 Å². The monoisotopic (exact) mass is 411 g/mol. The minimum atomic E-state index is -4.43. The molecule has 0 aliphatic heterocycles. The number of rotatable bonds is 4. The summed E-state index contributed by atoms with van der Waals surface area (Å²) in [6, 6.07) is 12.9. The fourth-order valence-electron chi connectivity index (χ4n) is 3.15. The molecule has 0 atom stereocenters. The van der Waals surface area contributed by atoms with Crippen molar-refractivity contribution in [2.45, 2.75) is 31.0 Å². The molecule has 6 heteroatoms. The Labute approximate surface area is 152 Å². The molecule has 1 fully saturated rings. The second-order valence-electron chi connectivity index (χ2n) is 6.41. The minimum absolute atomic E-state index is 0.0627. The molecule has 25 heavy (non-hydrogen) atoms. The zero-order valence-corrected chi connectivity index (χ0v) is 15.2. The average Bonchev–Trinajstić information content (AvgIpc) is 3.36. The molecule has 0 aromatic heterocycles. The summed E-state index contributed by atoms with van der Waals surface area (Å²) in [6.45, 7) is -0.0627. The summed E-state index contributed by atoms with van der Waals surface area (Å²) in [4.78, 5) is 14.3. The van der Waals surface area contributed by atoms with Crippen molar-refractivity contribution in [3.8, 4) is 0 Å². The van der Waals surface area contributed by atoms with Crippen molar-refractivity contribution in [1.29, 1.82) is 0 Å². The van der Waals surface area contributed by atoms with E-state index in [1.54, 1.807) is 13.1 Å². The minimum Gasteiger partial charge on any atom is -0.341 e. The number of carbonyl (C=O) groups is 1. The standard InChI is InChI=1S/C19H17BrF3NO/c1-24(12-13-4-2-3-5-16(13)19(21,22)23)17(25)18(10-11-18)14-6-8-15(20)9-7-14/h2-9H,10-12H2,1H3. The van der Waals surface area contributed by atoms with Crippen LogP contribution in [0.25, 0.3) is 0 Å². The molecule has 2 aromatic rings. The molecule has 0 spiro atoms. The van der Waals surface area contributed by atoms with Gasteiger partial charge < -0.3 is 4.90 Å². The fourth-order valence-corrected chi connectivity index (χ4v) is 3.41. The van der Waals surface area contributed by atoms with Gasteiger partial charge in [-0.05, 0) is 42.2 Å². The molecule has 0 saturated heterocycles. The maximum absolute atomic E-state index is 13.1. The maximum atomic E-state index is 13.1. The molecule has 0 heterocycles. The summed E-state index contributed by atoms with van der Waals surface area (Å²) in [5.74, 6) is -0.133. The first kappa shape index (κ1) is 18.0. The van der Waals surface area contributed by atoms with Gasteiger partial charge in [-0.2, -0.15) is 13.2 Å². The van der Waals surface area contributed by atoms with Gasteiger partial charge >= 0.3 is 6.18 Å². The number of nitrogens with zero attached hydrogens (tertiary/aromatic N) is 1. The summed E-state index contributed by atoms with van der Waals surface area (Å²) >= 11 is 3.37. The van der Waals surface area contributed by atoms with Gasteiger partial charge in [0.25, 0.3) is 0 Å². The molecule has 1 saturated carbocycles. The number of carbonyl (C=O) groups excluding carboxylic acids is 1. The topological polar surface area (TPSA) is 20.3 Å². The van der Waals surface area contributed by atoms with Crippen LogP contribution in [0.3, 0.4) is 0 Å². The van der Waals surface area contributed by atoms with Crippen molar-refractivity contribution < 1.29 is 18.0 Å². The Bertz CT molecular complexity index is 782. The molecule has 1 amide bonds. The van der Waals surface area contributed by atoms with E-state index in [4.69, 9.17) is 0 Å². The Morgan fingerprint density at radius 1 is 1.12 bits per heavy atom. The van der Waals surface area contributed by atoms with Gasteiger partial charge in [0.15, 0.2) is 0 Å². The third-order valence-corrected chi connectivity index (χ3v) is 5.16. The summed E-state index contributed by atoms with van der Waals surface area (Å²) in [5, 5.41) is 0. The van der Waals surface area contributed by atoms with E-state index in [9.17, 15) is 18.0 Å². The first-order valence-corrected chi connectivity index (χ1v) is 8.70. The third-order valence-electron chi connectivity index (χ3n) is 4.63. The molecule has 132 valence electrons. The van der Waals surface area contributed by atoms with Gasteiger partial charge in [-0.1, -0.05) is 46.3 Å². The van der Waals surface area contributed by atoms with E-state index in [1.807, 2.05) is 24.3 Å². The summed E-state index contributed by atoms with van der Waals surface area (Å²) in [5.41, 5.74) is -0.264. The Morgan fingerprint density at radius 2 is 1.72 bits per heavy atom. The number of benzene rings is 2. The van der Waals surface area contributed by atoms with Crippen LogP contribution in [0.2, 0.25) is 0 Å². The van der Waals surface area contributed by atoms with Crippen molar-refractivity contribution >= 4 is 21.8 Å². The van der Waals surface area contributed by atoms with Gasteiger partial charge in [-0.3, -0.25) is 4.79 Å². The summed E-state index contributed by atoms with van der Waals surface area (Å²) < 4.78 is 40.3. The molecule has 1 aliphatic rings. The molecule has 1 aliphatic carbocycles. The molecule has 3 rings (SSSR count). The molecular weight excluding hydrogens is 395 g/mol. The lowest BCUT2D eigenvalue weighted by molar-refractivity contribution is -0.140. The molecular formula is C19H17BrF3NO. The second-order valence-corrected chi connectivity index (χ2v) is 7.32. The normalized spacial score (nSPS) is 15.7. The fraction of sp³-hybridized carbons (Fsp3) is 0.316. The second kappa shape index (κ2) is 6.48. The largest absolute Gasteiger partial charge is 0.416 e. The highest BCUT2D eigenvalue weighted by molar-refractivity contribution is 9.10. The predicted molar refractivity (Wildman–Crippen MR) is 93.0 cm³/mol. The lowest BCUT2D eigenvalue weighted by Gasteiger charge is -2.25. The van der Waals surface area contributed by atoms with Crippen LogP contribution in [0.4, 0.5) is 13.2 Å². The van der Waals surface area contributed by atoms with Gasteiger partial charge in [-0.25, -0.2) is 0 Å². The van der Waals surface area contributed by atoms with E-state index in [2.05, 4.69) is 15.9 Å². The number of alkyl halides is 3. The number of hydrogen-bond acceptors (Lipinski definition) is 1. The molecule has 0 radical (unpaired) electrons. The van der Waals surface area contributed by atoms with Gasteiger partial charge in [-0.15, -0.1) is 0 Å². The lowest BCUT2D eigenvalue weighted by atomic mass is 9.94. The van der Waals surface area contributed by atoms with Gasteiger partial charge in [0.05, 0.1) is 11.0 Å². The SMILES string of the molecule is CN(Cc1ccccc1C(F)(F)F)C(=O)C1(c2ccc(Br)cc2)CC1. The summed E-state index contributed by atoms with van der Waals surface area (Å²) in [7, 11) is 1.56. The van der Waals surface area contributed by atoms with E-state index in [0.29, 0.717) is 0 Å². The van der Waals surface area contributed by atoms with Crippen LogP contribution in [0.1, 0.15) is 29.5 Å². The molecule has 2 nitrogen and oxygen atoms in total. The van der Waals surface area contributed by atoms with Crippen LogP contribution >= 0.6 is 15.9 Å². The van der Waals surface area contributed by atoms with Crippen LogP contribution in [0, 0.1) is 0 Å². The highest BCUT2D eigenvalue weighted by atomic mass is 79.9. The number of halogens is 4. The van der Waals surface area contributed by atoms with E-state index in [-0.39, 0.29) is 18.0 Å². The highest BCUT2D eigenvalue weighted by Crippen LogP contribution is 2.50. The smallest absolute Gasteiger partial charge is 0.341 e. The van der Waals surface area contributed by atoms with E-state index in [1.165, 1.54) is 17.0 Å². The molecule has 0 N–H and O–H groups in total. The maximum Gasteiger partial charge on any atom is 0.416 e. The Morgan fingerprint density at radius 3 is 2.28 bits per heavy atom. The quantitative estimate of drug-likeness (QED) is 0.680. The Balaban J connectivity index is 1.82. The van der Waals surface area contributed by atoms with Crippen molar-refractivity contribution in [1.82, 2.24) is 4.90 Å². The van der Waals surface area contributed by atoms with Crippen LogP contribution in [-0.4, -0.2) is 17.9 Å². The van der Waals surface area contributed by atoms with Gasteiger partial charge in [0.1, 0.15) is 0 Å². The van der Waals surface area contributed by atoms with Crippen molar-refractivity contribution in [2.75, 3.05) is 7.05 Å². The van der Waals surface area contributed by atoms with Crippen LogP contribution < -0.4 is 0 Å². The van der Waals surface area contributed by atoms with Gasteiger partial charge in [0, 0.05) is 18.1 Å². The first-order valence-electron chi connectivity index (χ1n) is 7.91. The van der Waals surface area contributed by atoms with Crippen LogP contribution in [0.5, 0.6) is 0 Å². The summed E-state index contributed by atoms with van der Waals surface area (Å²) in [6.07, 6.45) is -2.99. The molecule has 0 unspecified atom stereocenters. The van der Waals surface area contributed by atoms with Crippen molar-refractivity contribution in [3.63, 3.8) is 0 Å². The number of amides is 1. The average molecular weight is 412 g/mol. The Kier molecular flexibility index (Phi) is 4.66. The third kappa shape index (κ3) is 3.59. The van der Waals surface area contributed by atoms with Crippen molar-refractivity contribution in [3.05, 3.63) is 69.7 Å². The first-order chi connectivity index (χ1) is 11.7. The van der Waals surface area contributed by atoms with Gasteiger partial charge in [0.2, 0.25) is 5.91 Å². The predicted octanol–water partition coefficient (Wildman–Crippen LogP) is 5.16. The van der Waals surface area contributed by atoms with E-state index >= 15 is 0 Å². The zero-order chi connectivity index (χ0) is 18.2. The lowest BCUT2D eigenvalue weighted by Crippen LogP contribution is -2.36. The van der Waals surface area contributed by atoms with E-state index < -0.39 is 17.2 Å². The number of likely N-dealkylation sites (N-methyl/N-ethyl adjacent to an activating group) is 1.